The molecule has 4 aromatic rings. The molecule has 1 aliphatic carbocycles. The third kappa shape index (κ3) is 4.31. The molecule has 1 aromatic carbocycles. The molecule has 0 unspecified atom stereocenters. The van der Waals surface area contributed by atoms with E-state index in [1.165, 1.54) is 30.4 Å². The fourth-order valence-electron chi connectivity index (χ4n) is 5.18. The Morgan fingerprint density at radius 2 is 1.76 bits per heavy atom. The summed E-state index contributed by atoms with van der Waals surface area (Å²) >= 11 is 0. The number of nitrogens with zero attached hydrogens (tertiary/aromatic N) is 5. The molecule has 0 radical (unpaired) electrons. The highest BCUT2D eigenvalue weighted by molar-refractivity contribution is 5.56. The average Bonchev–Trinajstić information content (AvgIpc) is 3.45. The van der Waals surface area contributed by atoms with Gasteiger partial charge in [-0.3, -0.25) is 0 Å². The van der Waals surface area contributed by atoms with Gasteiger partial charge in [0, 0.05) is 34.9 Å². The minimum atomic E-state index is 0.413. The summed E-state index contributed by atoms with van der Waals surface area (Å²) in [7, 11) is 0. The third-order valence-corrected chi connectivity index (χ3v) is 7.20. The van der Waals surface area contributed by atoms with Crippen molar-refractivity contribution in [2.45, 2.75) is 78.6 Å². The molecule has 0 aliphatic heterocycles. The topological polar surface area (TPSA) is 69.1 Å². The van der Waals surface area contributed by atoms with Gasteiger partial charge in [0.1, 0.15) is 0 Å². The summed E-state index contributed by atoms with van der Waals surface area (Å²) < 4.78 is 8.07. The van der Waals surface area contributed by atoms with E-state index in [1.807, 2.05) is 11.4 Å². The predicted octanol–water partition coefficient (Wildman–Crippen LogP) is 6.23. The maximum atomic E-state index is 6.10. The molecular weight excluding hydrogens is 410 g/mol. The van der Waals surface area contributed by atoms with Crippen molar-refractivity contribution in [3.05, 3.63) is 64.4 Å². The summed E-state index contributed by atoms with van der Waals surface area (Å²) in [4.78, 5) is 4.79. The lowest BCUT2D eigenvalue weighted by atomic mass is 9.81. The monoisotopic (exact) mass is 443 g/mol. The molecule has 6 heteroatoms. The van der Waals surface area contributed by atoms with E-state index < -0.39 is 0 Å². The standard InChI is InChI=1S/C27H33N5O/c1-5-19-7-11-21(12-8-19)26-29-30-27(33-26)22-13-9-20(10-14-22)16-23-24(6-2)31-32-18(4)15-17(3)28-25(23)32/h9-10,13-15,19,21H,5-8,11-12,16H2,1-4H3. The average molecular weight is 444 g/mol. The van der Waals surface area contributed by atoms with Crippen LogP contribution in [-0.2, 0) is 12.8 Å². The first-order chi connectivity index (χ1) is 16.1. The van der Waals surface area contributed by atoms with Gasteiger partial charge < -0.3 is 4.42 Å². The van der Waals surface area contributed by atoms with Crippen LogP contribution in [0.25, 0.3) is 17.1 Å². The molecule has 0 amide bonds. The second-order valence-corrected chi connectivity index (χ2v) is 9.50. The van der Waals surface area contributed by atoms with Crippen LogP contribution in [0.3, 0.4) is 0 Å². The zero-order valence-electron chi connectivity index (χ0n) is 20.1. The van der Waals surface area contributed by atoms with Crippen LogP contribution in [0.1, 0.15) is 86.0 Å². The molecule has 0 bridgehead atoms. The normalized spacial score (nSPS) is 18.8. The zero-order valence-corrected chi connectivity index (χ0v) is 20.1. The molecule has 0 atom stereocenters. The van der Waals surface area contributed by atoms with Gasteiger partial charge in [-0.15, -0.1) is 10.2 Å². The molecule has 0 N–H and O–H groups in total. The number of aryl methyl sites for hydroxylation is 3. The Balaban J connectivity index is 1.35. The SMILES string of the molecule is CCc1nn2c(C)cc(C)nc2c1Cc1ccc(-c2nnc(C3CCC(CC)CC3)o2)cc1. The van der Waals surface area contributed by atoms with Crippen LogP contribution < -0.4 is 0 Å². The Hall–Kier alpha value is -3.02. The third-order valence-electron chi connectivity index (χ3n) is 7.20. The highest BCUT2D eigenvalue weighted by Crippen LogP contribution is 2.37. The van der Waals surface area contributed by atoms with E-state index in [0.29, 0.717) is 11.8 Å². The molecule has 5 rings (SSSR count). The molecule has 33 heavy (non-hydrogen) atoms. The molecule has 6 nitrogen and oxygen atoms in total. The van der Waals surface area contributed by atoms with E-state index in [4.69, 9.17) is 14.5 Å². The lowest BCUT2D eigenvalue weighted by Gasteiger charge is -2.25. The second kappa shape index (κ2) is 9.08. The zero-order chi connectivity index (χ0) is 22.9. The maximum Gasteiger partial charge on any atom is 0.247 e. The van der Waals surface area contributed by atoms with Gasteiger partial charge in [-0.2, -0.15) is 5.10 Å². The summed E-state index contributed by atoms with van der Waals surface area (Å²) in [6.07, 6.45) is 7.82. The molecule has 1 aliphatic rings. The van der Waals surface area contributed by atoms with Gasteiger partial charge in [-0.1, -0.05) is 32.4 Å². The van der Waals surface area contributed by atoms with Gasteiger partial charge in [0.2, 0.25) is 11.8 Å². The minimum absolute atomic E-state index is 0.413. The predicted molar refractivity (Wildman–Crippen MR) is 129 cm³/mol. The summed E-state index contributed by atoms with van der Waals surface area (Å²) in [5.41, 5.74) is 7.62. The molecule has 3 aromatic heterocycles. The van der Waals surface area contributed by atoms with Gasteiger partial charge >= 0.3 is 0 Å². The van der Waals surface area contributed by atoms with E-state index in [0.717, 1.165) is 65.8 Å². The van der Waals surface area contributed by atoms with Gasteiger partial charge in [0.05, 0.1) is 5.69 Å². The van der Waals surface area contributed by atoms with Crippen molar-refractivity contribution in [2.75, 3.05) is 0 Å². The first kappa shape index (κ1) is 21.8. The van der Waals surface area contributed by atoms with E-state index >= 15 is 0 Å². The maximum absolute atomic E-state index is 6.10. The summed E-state index contributed by atoms with van der Waals surface area (Å²) in [5.74, 6) is 2.70. The van der Waals surface area contributed by atoms with Crippen molar-refractivity contribution in [2.24, 2.45) is 5.92 Å². The minimum Gasteiger partial charge on any atom is -0.420 e. The number of hydrogen-bond acceptors (Lipinski definition) is 5. The van der Waals surface area contributed by atoms with Crippen molar-refractivity contribution in [1.82, 2.24) is 24.8 Å². The first-order valence-electron chi connectivity index (χ1n) is 12.3. The molecule has 0 spiro atoms. The van der Waals surface area contributed by atoms with E-state index in [1.54, 1.807) is 0 Å². The van der Waals surface area contributed by atoms with Gasteiger partial charge in [0.25, 0.3) is 0 Å². The van der Waals surface area contributed by atoms with Crippen LogP contribution in [0.5, 0.6) is 0 Å². The Morgan fingerprint density at radius 1 is 1.00 bits per heavy atom. The molecule has 172 valence electrons. The quantitative estimate of drug-likeness (QED) is 0.353. The molecule has 1 fully saturated rings. The van der Waals surface area contributed by atoms with Crippen LogP contribution in [0.4, 0.5) is 0 Å². The van der Waals surface area contributed by atoms with E-state index in [2.05, 4.69) is 61.3 Å². The van der Waals surface area contributed by atoms with E-state index in [9.17, 15) is 0 Å². The van der Waals surface area contributed by atoms with Crippen molar-refractivity contribution >= 4 is 5.65 Å². The number of fused-ring (bicyclic) bond motifs is 1. The van der Waals surface area contributed by atoms with Crippen molar-refractivity contribution in [3.8, 4) is 11.5 Å². The Bertz CT molecular complexity index is 1250. The fourth-order valence-corrected chi connectivity index (χ4v) is 5.18. The van der Waals surface area contributed by atoms with Crippen LogP contribution in [-0.4, -0.2) is 24.8 Å². The van der Waals surface area contributed by atoms with Crippen LogP contribution in [0.2, 0.25) is 0 Å². The van der Waals surface area contributed by atoms with Crippen molar-refractivity contribution < 1.29 is 4.42 Å². The number of rotatable bonds is 6. The molecule has 0 saturated heterocycles. The fraction of sp³-hybridized carbons (Fsp3) is 0.481. The van der Waals surface area contributed by atoms with E-state index in [-0.39, 0.29) is 0 Å². The highest BCUT2D eigenvalue weighted by atomic mass is 16.4. The summed E-state index contributed by atoms with van der Waals surface area (Å²) in [6.45, 7) is 8.56. The van der Waals surface area contributed by atoms with Gasteiger partial charge in [0.15, 0.2) is 5.65 Å². The largest absolute Gasteiger partial charge is 0.420 e. The lowest BCUT2D eigenvalue weighted by molar-refractivity contribution is 0.288. The first-order valence-corrected chi connectivity index (χ1v) is 12.3. The lowest BCUT2D eigenvalue weighted by Crippen LogP contribution is -2.12. The van der Waals surface area contributed by atoms with Gasteiger partial charge in [-0.05, 0) is 75.6 Å². The smallest absolute Gasteiger partial charge is 0.247 e. The van der Waals surface area contributed by atoms with Crippen LogP contribution in [0.15, 0.2) is 34.7 Å². The van der Waals surface area contributed by atoms with Crippen molar-refractivity contribution in [1.29, 1.82) is 0 Å². The molecule has 1 saturated carbocycles. The van der Waals surface area contributed by atoms with Crippen molar-refractivity contribution in [3.63, 3.8) is 0 Å². The summed E-state index contributed by atoms with van der Waals surface area (Å²) in [6, 6.07) is 10.5. The van der Waals surface area contributed by atoms with Crippen LogP contribution >= 0.6 is 0 Å². The molecule has 3 heterocycles. The summed E-state index contributed by atoms with van der Waals surface area (Å²) in [5, 5.41) is 13.6. The Labute approximate surface area is 195 Å². The number of hydrogen-bond donors (Lipinski definition) is 0. The number of benzene rings is 1. The Morgan fingerprint density at radius 3 is 2.45 bits per heavy atom. The Kier molecular flexibility index (Phi) is 6.00. The van der Waals surface area contributed by atoms with Gasteiger partial charge in [-0.25, -0.2) is 9.50 Å². The van der Waals surface area contributed by atoms with Crippen LogP contribution in [0, 0.1) is 19.8 Å². The molecular formula is C27H33N5O. The number of aromatic nitrogens is 5. The highest BCUT2D eigenvalue weighted by Gasteiger charge is 2.25. The second-order valence-electron chi connectivity index (χ2n) is 9.50.